The molecule has 1 aliphatic rings. The highest BCUT2D eigenvalue weighted by molar-refractivity contribution is 7.87. The topological polar surface area (TPSA) is 75.4 Å². The molecule has 3 N–H and O–H groups in total. The van der Waals surface area contributed by atoms with Gasteiger partial charge in [0.05, 0.1) is 0 Å². The summed E-state index contributed by atoms with van der Waals surface area (Å²) in [4.78, 5) is 2.00. The van der Waals surface area contributed by atoms with E-state index in [1.807, 2.05) is 11.9 Å². The molecule has 60 valence electrons. The Hall–Kier alpha value is -0.170. The molecule has 0 bridgehead atoms. The molecule has 0 unspecified atom stereocenters. The smallest absolute Gasteiger partial charge is 0.274 e. The van der Waals surface area contributed by atoms with Gasteiger partial charge in [0.25, 0.3) is 10.2 Å². The number of rotatable bonds is 2. The lowest BCUT2D eigenvalue weighted by molar-refractivity contribution is 0.180. The van der Waals surface area contributed by atoms with Crippen LogP contribution in [-0.2, 0) is 10.2 Å². The third-order valence-electron chi connectivity index (χ3n) is 1.40. The van der Waals surface area contributed by atoms with Crippen LogP contribution >= 0.6 is 0 Å². The average molecular weight is 165 g/mol. The summed E-state index contributed by atoms with van der Waals surface area (Å²) in [5.41, 5.74) is 0. The summed E-state index contributed by atoms with van der Waals surface area (Å²) in [7, 11) is -1.57. The molecule has 0 radical (unpaired) electrons. The van der Waals surface area contributed by atoms with Crippen LogP contribution in [0, 0.1) is 0 Å². The van der Waals surface area contributed by atoms with Gasteiger partial charge >= 0.3 is 0 Å². The summed E-state index contributed by atoms with van der Waals surface area (Å²) >= 11 is 0. The number of likely N-dealkylation sites (N-methyl/N-ethyl adjacent to an activating group) is 1. The first-order valence-electron chi connectivity index (χ1n) is 2.96. The van der Waals surface area contributed by atoms with Crippen molar-refractivity contribution in [2.45, 2.75) is 6.04 Å². The molecule has 1 saturated heterocycles. The second-order valence-corrected chi connectivity index (χ2v) is 3.91. The lowest BCUT2D eigenvalue weighted by Gasteiger charge is -2.35. The maximum Gasteiger partial charge on any atom is 0.274 e. The SMILES string of the molecule is CN1CC(NS(N)(=O)=O)C1. The zero-order valence-electron chi connectivity index (χ0n) is 5.74. The Kier molecular flexibility index (Phi) is 1.95. The Bertz CT molecular complexity index is 207. The third kappa shape index (κ3) is 2.22. The molecule has 0 spiro atoms. The van der Waals surface area contributed by atoms with E-state index in [-0.39, 0.29) is 6.04 Å². The molecule has 1 heterocycles. The Morgan fingerprint density at radius 2 is 2.10 bits per heavy atom. The van der Waals surface area contributed by atoms with E-state index in [1.165, 1.54) is 0 Å². The van der Waals surface area contributed by atoms with Crippen molar-refractivity contribution >= 4 is 10.2 Å². The molecule has 0 atom stereocenters. The standard InChI is InChI=1S/C4H11N3O2S/c1-7-2-4(3-7)6-10(5,8)9/h4,6H,2-3H2,1H3,(H2,5,8,9). The lowest BCUT2D eigenvalue weighted by Crippen LogP contribution is -2.58. The number of hydrogen-bond acceptors (Lipinski definition) is 3. The van der Waals surface area contributed by atoms with Crippen LogP contribution in [0.4, 0.5) is 0 Å². The fraction of sp³-hybridized carbons (Fsp3) is 1.00. The molecular weight excluding hydrogens is 154 g/mol. The minimum Gasteiger partial charge on any atom is -0.303 e. The van der Waals surface area contributed by atoms with Crippen LogP contribution in [-0.4, -0.2) is 39.5 Å². The number of likely N-dealkylation sites (tertiary alicyclic amines) is 1. The summed E-state index contributed by atoms with van der Waals surface area (Å²) < 4.78 is 23.1. The molecule has 1 aliphatic heterocycles. The van der Waals surface area contributed by atoms with Crippen molar-refractivity contribution in [3.05, 3.63) is 0 Å². The van der Waals surface area contributed by atoms with Crippen LogP contribution in [0.15, 0.2) is 0 Å². The van der Waals surface area contributed by atoms with Gasteiger partial charge in [-0.15, -0.1) is 0 Å². The summed E-state index contributed by atoms with van der Waals surface area (Å²) in [5, 5.41) is 4.73. The van der Waals surface area contributed by atoms with Gasteiger partial charge in [-0.3, -0.25) is 0 Å². The fourth-order valence-corrected chi connectivity index (χ4v) is 1.62. The zero-order valence-corrected chi connectivity index (χ0v) is 6.56. The van der Waals surface area contributed by atoms with E-state index in [1.54, 1.807) is 0 Å². The van der Waals surface area contributed by atoms with E-state index in [0.29, 0.717) is 0 Å². The second-order valence-electron chi connectivity index (χ2n) is 2.58. The second kappa shape index (κ2) is 2.46. The van der Waals surface area contributed by atoms with Crippen LogP contribution < -0.4 is 9.86 Å². The van der Waals surface area contributed by atoms with Crippen LogP contribution in [0.25, 0.3) is 0 Å². The van der Waals surface area contributed by atoms with Crippen molar-refractivity contribution in [3.63, 3.8) is 0 Å². The molecule has 1 fully saturated rings. The van der Waals surface area contributed by atoms with Crippen molar-refractivity contribution in [1.82, 2.24) is 9.62 Å². The largest absolute Gasteiger partial charge is 0.303 e. The Morgan fingerprint density at radius 1 is 1.60 bits per heavy atom. The Balaban J connectivity index is 2.30. The molecule has 0 aromatic rings. The minimum atomic E-state index is -3.48. The molecule has 10 heavy (non-hydrogen) atoms. The first kappa shape index (κ1) is 7.93. The van der Waals surface area contributed by atoms with Crippen molar-refractivity contribution in [2.24, 2.45) is 5.14 Å². The van der Waals surface area contributed by atoms with Gasteiger partial charge in [0.1, 0.15) is 0 Å². The molecule has 0 aliphatic carbocycles. The molecule has 1 rings (SSSR count). The first-order chi connectivity index (χ1) is 4.47. The van der Waals surface area contributed by atoms with Crippen molar-refractivity contribution in [2.75, 3.05) is 20.1 Å². The average Bonchev–Trinajstić information content (AvgIpc) is 1.57. The molecule has 0 aromatic carbocycles. The monoisotopic (exact) mass is 165 g/mol. The Labute approximate surface area is 60.4 Å². The molecule has 6 heteroatoms. The van der Waals surface area contributed by atoms with Crippen molar-refractivity contribution in [3.8, 4) is 0 Å². The van der Waals surface area contributed by atoms with E-state index in [0.717, 1.165) is 13.1 Å². The van der Waals surface area contributed by atoms with Crippen molar-refractivity contribution < 1.29 is 8.42 Å². The number of nitrogens with one attached hydrogen (secondary N) is 1. The highest BCUT2D eigenvalue weighted by Crippen LogP contribution is 2.03. The highest BCUT2D eigenvalue weighted by Gasteiger charge is 2.25. The zero-order chi connectivity index (χ0) is 7.78. The molecule has 0 amide bonds. The van der Waals surface area contributed by atoms with Crippen LogP contribution in [0.5, 0.6) is 0 Å². The Morgan fingerprint density at radius 3 is 2.40 bits per heavy atom. The van der Waals surface area contributed by atoms with Gasteiger partial charge in [0, 0.05) is 19.1 Å². The maximum atomic E-state index is 10.4. The fourth-order valence-electron chi connectivity index (χ4n) is 1.01. The van der Waals surface area contributed by atoms with Crippen LogP contribution in [0.3, 0.4) is 0 Å². The predicted molar refractivity (Wildman–Crippen MR) is 37.5 cm³/mol. The quantitative estimate of drug-likeness (QED) is 0.501. The normalized spacial score (nSPS) is 22.6. The van der Waals surface area contributed by atoms with Crippen LogP contribution in [0.1, 0.15) is 0 Å². The van der Waals surface area contributed by atoms with Gasteiger partial charge in [0.2, 0.25) is 0 Å². The molecule has 0 saturated carbocycles. The summed E-state index contributed by atoms with van der Waals surface area (Å²) in [6, 6.07) is 0.0139. The van der Waals surface area contributed by atoms with E-state index in [4.69, 9.17) is 5.14 Å². The van der Waals surface area contributed by atoms with Gasteiger partial charge in [-0.25, -0.2) is 5.14 Å². The van der Waals surface area contributed by atoms with Gasteiger partial charge < -0.3 is 4.90 Å². The third-order valence-corrected chi connectivity index (χ3v) is 2.06. The summed E-state index contributed by atoms with van der Waals surface area (Å²) in [6.07, 6.45) is 0. The summed E-state index contributed by atoms with van der Waals surface area (Å²) in [6.45, 7) is 1.49. The van der Waals surface area contributed by atoms with Gasteiger partial charge in [-0.05, 0) is 7.05 Å². The lowest BCUT2D eigenvalue weighted by atomic mass is 10.2. The predicted octanol–water partition coefficient (Wildman–Crippen LogP) is -1.91. The van der Waals surface area contributed by atoms with E-state index >= 15 is 0 Å². The van der Waals surface area contributed by atoms with E-state index < -0.39 is 10.2 Å². The molecule has 0 aromatic heterocycles. The van der Waals surface area contributed by atoms with Gasteiger partial charge in [-0.1, -0.05) is 0 Å². The highest BCUT2D eigenvalue weighted by atomic mass is 32.2. The number of nitrogens with zero attached hydrogens (tertiary/aromatic N) is 1. The first-order valence-corrected chi connectivity index (χ1v) is 4.50. The van der Waals surface area contributed by atoms with Gasteiger partial charge in [0.15, 0.2) is 0 Å². The number of nitrogens with two attached hydrogens (primary N) is 1. The van der Waals surface area contributed by atoms with E-state index in [9.17, 15) is 8.42 Å². The minimum absolute atomic E-state index is 0.0139. The van der Waals surface area contributed by atoms with E-state index in [2.05, 4.69) is 4.72 Å². The van der Waals surface area contributed by atoms with Crippen LogP contribution in [0.2, 0.25) is 0 Å². The maximum absolute atomic E-state index is 10.4. The van der Waals surface area contributed by atoms with Gasteiger partial charge in [-0.2, -0.15) is 13.1 Å². The van der Waals surface area contributed by atoms with Crippen molar-refractivity contribution in [1.29, 1.82) is 0 Å². The molecular formula is C4H11N3O2S. The molecule has 5 nitrogen and oxygen atoms in total. The summed E-state index contributed by atoms with van der Waals surface area (Å²) in [5.74, 6) is 0. The number of hydrogen-bond donors (Lipinski definition) is 2.